The molecule has 0 spiro atoms. The third-order valence-electron chi connectivity index (χ3n) is 3.10. The van der Waals surface area contributed by atoms with Gasteiger partial charge in [0.2, 0.25) is 0 Å². The minimum atomic E-state index is -1.31. The SMILES string of the molecule is CC(C)[Si](C)(C)[Si](C)(C)N. The van der Waals surface area contributed by atoms with Crippen molar-refractivity contribution in [3.63, 3.8) is 0 Å². The van der Waals surface area contributed by atoms with Gasteiger partial charge in [-0.2, -0.15) is 0 Å². The highest BCUT2D eigenvalue weighted by atomic mass is 29.3. The average molecular weight is 175 g/mol. The van der Waals surface area contributed by atoms with Crippen LogP contribution >= 0.6 is 0 Å². The van der Waals surface area contributed by atoms with Crippen LogP contribution in [-0.2, 0) is 0 Å². The molecule has 0 aromatic carbocycles. The lowest BCUT2D eigenvalue weighted by Gasteiger charge is -2.38. The summed E-state index contributed by atoms with van der Waals surface area (Å²) < 4.78 is 0. The number of hydrogen-bond acceptors (Lipinski definition) is 1. The monoisotopic (exact) mass is 175 g/mol. The lowest BCUT2D eigenvalue weighted by atomic mass is 10.6. The quantitative estimate of drug-likeness (QED) is 0.641. The van der Waals surface area contributed by atoms with E-state index in [2.05, 4.69) is 40.0 Å². The highest BCUT2D eigenvalue weighted by molar-refractivity contribution is 7.40. The fourth-order valence-electron chi connectivity index (χ4n) is 0.744. The lowest BCUT2D eigenvalue weighted by Crippen LogP contribution is -2.63. The molecule has 10 heavy (non-hydrogen) atoms. The summed E-state index contributed by atoms with van der Waals surface area (Å²) in [6.45, 7) is 14.0. The van der Waals surface area contributed by atoms with Crippen molar-refractivity contribution in [3.05, 3.63) is 0 Å². The van der Waals surface area contributed by atoms with E-state index in [4.69, 9.17) is 5.40 Å². The summed E-state index contributed by atoms with van der Waals surface area (Å²) in [4.78, 5) is 0. The molecule has 2 N–H and O–H groups in total. The third-order valence-corrected chi connectivity index (χ3v) is 21.0. The Morgan fingerprint density at radius 2 is 1.30 bits per heavy atom. The fraction of sp³-hybridized carbons (Fsp3) is 1.00. The molecular formula is C7H21NSi2. The molecule has 0 aliphatic rings. The van der Waals surface area contributed by atoms with Crippen LogP contribution in [0.25, 0.3) is 0 Å². The normalized spacial score (nSPS) is 14.4. The van der Waals surface area contributed by atoms with Gasteiger partial charge in [-0.25, -0.2) is 0 Å². The largest absolute Gasteiger partial charge is 0.353 e. The number of rotatable bonds is 2. The van der Waals surface area contributed by atoms with E-state index in [1.807, 2.05) is 0 Å². The van der Waals surface area contributed by atoms with Crippen molar-refractivity contribution in [2.45, 2.75) is 45.6 Å². The lowest BCUT2D eigenvalue weighted by molar-refractivity contribution is 1.03. The average Bonchev–Trinajstić information content (AvgIpc) is 1.62. The summed E-state index contributed by atoms with van der Waals surface area (Å²) >= 11 is 0. The van der Waals surface area contributed by atoms with E-state index in [1.54, 1.807) is 0 Å². The molecule has 0 unspecified atom stereocenters. The molecule has 0 aromatic heterocycles. The van der Waals surface area contributed by atoms with Crippen molar-refractivity contribution in [1.82, 2.24) is 0 Å². The first-order valence-electron chi connectivity index (χ1n) is 3.98. The van der Waals surface area contributed by atoms with Gasteiger partial charge in [-0.3, -0.25) is 0 Å². The second-order valence-electron chi connectivity index (χ2n) is 4.60. The van der Waals surface area contributed by atoms with Gasteiger partial charge in [0.15, 0.2) is 0 Å². The molecule has 0 fully saturated rings. The first kappa shape index (κ1) is 10.4. The van der Waals surface area contributed by atoms with Crippen molar-refractivity contribution in [2.75, 3.05) is 0 Å². The minimum Gasteiger partial charge on any atom is -0.353 e. The van der Waals surface area contributed by atoms with Crippen LogP contribution in [0.15, 0.2) is 0 Å². The van der Waals surface area contributed by atoms with Gasteiger partial charge in [-0.1, -0.05) is 45.6 Å². The smallest absolute Gasteiger partial charge is 0.106 e. The molecule has 0 heterocycles. The van der Waals surface area contributed by atoms with Gasteiger partial charge >= 0.3 is 0 Å². The van der Waals surface area contributed by atoms with Gasteiger partial charge in [-0.15, -0.1) is 0 Å². The Hall–Kier alpha value is 0.394. The van der Waals surface area contributed by atoms with E-state index in [0.29, 0.717) is 0 Å². The molecule has 0 saturated heterocycles. The second-order valence-corrected chi connectivity index (χ2v) is 20.4. The van der Waals surface area contributed by atoms with Crippen LogP contribution in [0.4, 0.5) is 0 Å². The Labute approximate surface area is 66.9 Å². The molecule has 0 amide bonds. The number of hydrogen-bond donors (Lipinski definition) is 1. The molecule has 0 atom stereocenters. The van der Waals surface area contributed by atoms with Crippen molar-refractivity contribution in [3.8, 4) is 0 Å². The van der Waals surface area contributed by atoms with Crippen LogP contribution in [0.2, 0.25) is 31.7 Å². The van der Waals surface area contributed by atoms with Gasteiger partial charge < -0.3 is 5.40 Å². The standard InChI is InChI=1S/C7H21NSi2/c1-7(2)9(3,4)10(5,6)8/h7H,8H2,1-6H3. The van der Waals surface area contributed by atoms with Crippen LogP contribution in [-0.4, -0.2) is 15.3 Å². The first-order valence-corrected chi connectivity index (χ1v) is 11.1. The van der Waals surface area contributed by atoms with Gasteiger partial charge in [0.25, 0.3) is 0 Å². The highest BCUT2D eigenvalue weighted by Gasteiger charge is 2.40. The Bertz CT molecular complexity index is 113. The maximum absolute atomic E-state index is 6.21. The molecule has 3 heteroatoms. The van der Waals surface area contributed by atoms with Crippen molar-refractivity contribution >= 4 is 15.3 Å². The molecule has 0 bridgehead atoms. The van der Waals surface area contributed by atoms with Crippen molar-refractivity contribution in [1.29, 1.82) is 0 Å². The fourth-order valence-corrected chi connectivity index (χ4v) is 6.70. The van der Waals surface area contributed by atoms with E-state index in [0.717, 1.165) is 5.54 Å². The molecule has 0 aromatic rings. The molecule has 62 valence electrons. The van der Waals surface area contributed by atoms with Gasteiger partial charge in [0, 0.05) is 0 Å². The summed E-state index contributed by atoms with van der Waals surface area (Å²) in [5.74, 6) is 0. The second kappa shape index (κ2) is 2.79. The molecule has 0 aliphatic heterocycles. The molecule has 0 aliphatic carbocycles. The number of nitrogens with two attached hydrogens (primary N) is 1. The van der Waals surface area contributed by atoms with Gasteiger partial charge in [-0.05, 0) is 0 Å². The topological polar surface area (TPSA) is 26.0 Å². The van der Waals surface area contributed by atoms with Crippen molar-refractivity contribution < 1.29 is 0 Å². The summed E-state index contributed by atoms with van der Waals surface area (Å²) in [5.41, 5.74) is 0.833. The summed E-state index contributed by atoms with van der Waals surface area (Å²) in [5, 5.41) is 6.21. The van der Waals surface area contributed by atoms with Crippen LogP contribution < -0.4 is 5.40 Å². The minimum absolute atomic E-state index is 0.833. The summed E-state index contributed by atoms with van der Waals surface area (Å²) in [6, 6.07) is 0. The van der Waals surface area contributed by atoms with Crippen LogP contribution in [0.3, 0.4) is 0 Å². The van der Waals surface area contributed by atoms with Gasteiger partial charge in [0.1, 0.15) is 7.75 Å². The van der Waals surface area contributed by atoms with E-state index in [-0.39, 0.29) is 0 Å². The molecule has 1 nitrogen and oxygen atoms in total. The predicted octanol–water partition coefficient (Wildman–Crippen LogP) is 2.35. The summed E-state index contributed by atoms with van der Waals surface area (Å²) in [7, 11) is -2.37. The third kappa shape index (κ3) is 1.94. The highest BCUT2D eigenvalue weighted by Crippen LogP contribution is 2.26. The van der Waals surface area contributed by atoms with Crippen molar-refractivity contribution in [2.24, 2.45) is 5.40 Å². The Morgan fingerprint density at radius 1 is 1.00 bits per heavy atom. The first-order chi connectivity index (χ1) is 4.19. The molecule has 0 radical (unpaired) electrons. The molecule has 0 rings (SSSR count). The maximum atomic E-state index is 6.21. The Kier molecular flexibility index (Phi) is 2.90. The van der Waals surface area contributed by atoms with Crippen LogP contribution in [0.5, 0.6) is 0 Å². The Morgan fingerprint density at radius 3 is 1.30 bits per heavy atom. The predicted molar refractivity (Wildman–Crippen MR) is 54.2 cm³/mol. The van der Waals surface area contributed by atoms with E-state index >= 15 is 0 Å². The van der Waals surface area contributed by atoms with E-state index in [1.165, 1.54) is 0 Å². The zero-order chi connectivity index (χ0) is 8.58. The van der Waals surface area contributed by atoms with Gasteiger partial charge in [0.05, 0.1) is 7.59 Å². The Balaban J connectivity index is 4.40. The zero-order valence-corrected chi connectivity index (χ0v) is 10.2. The molecular weight excluding hydrogens is 154 g/mol. The van der Waals surface area contributed by atoms with E-state index in [9.17, 15) is 0 Å². The zero-order valence-electron chi connectivity index (χ0n) is 8.15. The van der Waals surface area contributed by atoms with Crippen LogP contribution in [0.1, 0.15) is 13.8 Å². The maximum Gasteiger partial charge on any atom is 0.106 e. The van der Waals surface area contributed by atoms with Crippen LogP contribution in [0, 0.1) is 0 Å². The molecule has 0 saturated carbocycles. The van der Waals surface area contributed by atoms with E-state index < -0.39 is 15.3 Å². The summed E-state index contributed by atoms with van der Waals surface area (Å²) in [6.07, 6.45) is 0.